The SMILES string of the molecule is CN=C(NCCCN(C)C)NCCCN(C(C)C)C(C)C.I. The first-order valence-corrected chi connectivity index (χ1v) is 8.23. The summed E-state index contributed by atoms with van der Waals surface area (Å²) in [5, 5.41) is 6.75. The molecule has 0 rings (SSSR count). The van der Waals surface area contributed by atoms with Crippen LogP contribution in [0.1, 0.15) is 40.5 Å². The van der Waals surface area contributed by atoms with Crippen LogP contribution >= 0.6 is 24.0 Å². The fraction of sp³-hybridized carbons (Fsp3) is 0.938. The second-order valence-corrected chi connectivity index (χ2v) is 6.36. The van der Waals surface area contributed by atoms with E-state index in [2.05, 4.69) is 67.2 Å². The van der Waals surface area contributed by atoms with E-state index in [0.29, 0.717) is 12.1 Å². The third-order valence-electron chi connectivity index (χ3n) is 3.51. The zero-order valence-corrected chi connectivity index (χ0v) is 18.0. The van der Waals surface area contributed by atoms with Crippen molar-refractivity contribution >= 4 is 29.9 Å². The summed E-state index contributed by atoms with van der Waals surface area (Å²) in [7, 11) is 6.03. The first kappa shape index (κ1) is 24.2. The van der Waals surface area contributed by atoms with E-state index >= 15 is 0 Å². The fourth-order valence-corrected chi connectivity index (χ4v) is 2.40. The summed E-state index contributed by atoms with van der Waals surface area (Å²) in [6.45, 7) is 13.2. The van der Waals surface area contributed by atoms with Crippen LogP contribution in [-0.4, -0.2) is 75.2 Å². The van der Waals surface area contributed by atoms with Crippen LogP contribution < -0.4 is 10.6 Å². The Morgan fingerprint density at radius 1 is 0.909 bits per heavy atom. The number of nitrogens with zero attached hydrogens (tertiary/aromatic N) is 3. The number of halogens is 1. The standard InChI is InChI=1S/C16H37N5.HI/c1-14(2)21(15(3)4)13-9-11-19-16(17-5)18-10-8-12-20(6)7;/h14-15H,8-13H2,1-7H3,(H2,17,18,19);1H. The third kappa shape index (κ3) is 12.5. The number of hydrogen-bond acceptors (Lipinski definition) is 3. The number of nitrogens with one attached hydrogen (secondary N) is 2. The second-order valence-electron chi connectivity index (χ2n) is 6.36. The average molecular weight is 427 g/mol. The molecule has 22 heavy (non-hydrogen) atoms. The molecule has 0 aliphatic rings. The van der Waals surface area contributed by atoms with E-state index in [-0.39, 0.29) is 24.0 Å². The number of rotatable bonds is 10. The molecule has 0 aromatic heterocycles. The highest BCUT2D eigenvalue weighted by Crippen LogP contribution is 2.05. The molecule has 0 spiro atoms. The van der Waals surface area contributed by atoms with E-state index in [1.807, 2.05) is 7.05 Å². The molecule has 0 atom stereocenters. The molecular weight excluding hydrogens is 389 g/mol. The Bertz CT molecular complexity index is 272. The van der Waals surface area contributed by atoms with Crippen molar-refractivity contribution in [3.05, 3.63) is 0 Å². The van der Waals surface area contributed by atoms with Crippen molar-refractivity contribution < 1.29 is 0 Å². The topological polar surface area (TPSA) is 42.9 Å². The molecule has 0 fully saturated rings. The van der Waals surface area contributed by atoms with E-state index in [1.54, 1.807) is 0 Å². The van der Waals surface area contributed by atoms with Gasteiger partial charge in [0.05, 0.1) is 0 Å². The minimum absolute atomic E-state index is 0. The molecule has 0 aromatic carbocycles. The van der Waals surface area contributed by atoms with Crippen LogP contribution in [0, 0.1) is 0 Å². The van der Waals surface area contributed by atoms with E-state index in [0.717, 1.165) is 45.0 Å². The van der Waals surface area contributed by atoms with Crippen molar-refractivity contribution in [3.63, 3.8) is 0 Å². The lowest BCUT2D eigenvalue weighted by molar-refractivity contribution is 0.173. The maximum absolute atomic E-state index is 4.26. The van der Waals surface area contributed by atoms with E-state index in [9.17, 15) is 0 Å². The quantitative estimate of drug-likeness (QED) is 0.243. The molecule has 0 aliphatic carbocycles. The summed E-state index contributed by atoms with van der Waals surface area (Å²) >= 11 is 0. The van der Waals surface area contributed by atoms with Crippen molar-refractivity contribution in [3.8, 4) is 0 Å². The van der Waals surface area contributed by atoms with Crippen molar-refractivity contribution in [1.29, 1.82) is 0 Å². The van der Waals surface area contributed by atoms with Gasteiger partial charge < -0.3 is 15.5 Å². The van der Waals surface area contributed by atoms with Gasteiger partial charge in [-0.1, -0.05) is 0 Å². The summed E-state index contributed by atoms with van der Waals surface area (Å²) in [6, 6.07) is 1.21. The Morgan fingerprint density at radius 2 is 1.36 bits per heavy atom. The molecule has 0 radical (unpaired) electrons. The lowest BCUT2D eigenvalue weighted by atomic mass is 10.2. The van der Waals surface area contributed by atoms with Crippen molar-refractivity contribution in [1.82, 2.24) is 20.4 Å². The fourth-order valence-electron chi connectivity index (χ4n) is 2.40. The predicted molar refractivity (Wildman–Crippen MR) is 110 cm³/mol. The molecule has 6 heteroatoms. The molecule has 0 saturated heterocycles. The molecule has 0 aliphatic heterocycles. The highest BCUT2D eigenvalue weighted by Gasteiger charge is 2.12. The van der Waals surface area contributed by atoms with Crippen LogP contribution in [0.4, 0.5) is 0 Å². The smallest absolute Gasteiger partial charge is 0.190 e. The van der Waals surface area contributed by atoms with Gasteiger partial charge in [0.1, 0.15) is 0 Å². The van der Waals surface area contributed by atoms with Crippen LogP contribution in [0.5, 0.6) is 0 Å². The second kappa shape index (κ2) is 14.5. The minimum atomic E-state index is 0. The van der Waals surface area contributed by atoms with Gasteiger partial charge >= 0.3 is 0 Å². The molecule has 134 valence electrons. The monoisotopic (exact) mass is 427 g/mol. The normalized spacial score (nSPS) is 12.2. The lowest BCUT2D eigenvalue weighted by Crippen LogP contribution is -2.41. The lowest BCUT2D eigenvalue weighted by Gasteiger charge is -2.30. The van der Waals surface area contributed by atoms with Gasteiger partial charge in [0.25, 0.3) is 0 Å². The Morgan fingerprint density at radius 3 is 1.73 bits per heavy atom. The molecule has 0 saturated carbocycles. The molecule has 5 nitrogen and oxygen atoms in total. The van der Waals surface area contributed by atoms with Gasteiger partial charge in [0.15, 0.2) is 5.96 Å². The van der Waals surface area contributed by atoms with Gasteiger partial charge in [-0.25, -0.2) is 0 Å². The van der Waals surface area contributed by atoms with Crippen LogP contribution in [0.25, 0.3) is 0 Å². The number of hydrogen-bond donors (Lipinski definition) is 2. The largest absolute Gasteiger partial charge is 0.356 e. The van der Waals surface area contributed by atoms with Gasteiger partial charge in [-0.05, 0) is 61.2 Å². The third-order valence-corrected chi connectivity index (χ3v) is 3.51. The van der Waals surface area contributed by atoms with Crippen LogP contribution in [0.2, 0.25) is 0 Å². The van der Waals surface area contributed by atoms with Gasteiger partial charge in [0, 0.05) is 38.8 Å². The summed E-state index contributed by atoms with van der Waals surface area (Å²) in [5.74, 6) is 0.911. The van der Waals surface area contributed by atoms with Crippen LogP contribution in [0.3, 0.4) is 0 Å². The van der Waals surface area contributed by atoms with E-state index in [1.165, 1.54) is 0 Å². The van der Waals surface area contributed by atoms with E-state index < -0.39 is 0 Å². The van der Waals surface area contributed by atoms with Gasteiger partial charge in [-0.15, -0.1) is 24.0 Å². The van der Waals surface area contributed by atoms with Crippen LogP contribution in [0.15, 0.2) is 4.99 Å². The minimum Gasteiger partial charge on any atom is -0.356 e. The van der Waals surface area contributed by atoms with Gasteiger partial charge in [-0.2, -0.15) is 0 Å². The molecular formula is C16H38IN5. The molecule has 0 heterocycles. The number of guanidine groups is 1. The molecule has 0 bridgehead atoms. The maximum Gasteiger partial charge on any atom is 0.190 e. The van der Waals surface area contributed by atoms with Crippen LogP contribution in [-0.2, 0) is 0 Å². The Balaban J connectivity index is 0. The van der Waals surface area contributed by atoms with Gasteiger partial charge in [0.2, 0.25) is 0 Å². The molecule has 0 amide bonds. The van der Waals surface area contributed by atoms with Crippen molar-refractivity contribution in [2.24, 2.45) is 4.99 Å². The summed E-state index contributed by atoms with van der Waals surface area (Å²) in [4.78, 5) is 8.98. The first-order chi connectivity index (χ1) is 9.88. The molecule has 0 unspecified atom stereocenters. The highest BCUT2D eigenvalue weighted by atomic mass is 127. The van der Waals surface area contributed by atoms with Gasteiger partial charge in [-0.3, -0.25) is 9.89 Å². The van der Waals surface area contributed by atoms with E-state index in [4.69, 9.17) is 0 Å². The predicted octanol–water partition coefficient (Wildman–Crippen LogP) is 2.23. The van der Waals surface area contributed by atoms with Crippen molar-refractivity contribution in [2.75, 3.05) is 47.3 Å². The van der Waals surface area contributed by atoms with Crippen molar-refractivity contribution in [2.45, 2.75) is 52.6 Å². The Labute approximate surface area is 155 Å². The number of aliphatic imine (C=N–C) groups is 1. The molecule has 2 N–H and O–H groups in total. The summed E-state index contributed by atoms with van der Waals surface area (Å²) in [5.41, 5.74) is 0. The maximum atomic E-state index is 4.26. The highest BCUT2D eigenvalue weighted by molar-refractivity contribution is 14.0. The summed E-state index contributed by atoms with van der Waals surface area (Å²) < 4.78 is 0. The zero-order valence-electron chi connectivity index (χ0n) is 15.6. The first-order valence-electron chi connectivity index (χ1n) is 8.23. The Kier molecular flexibility index (Phi) is 15.9. The Hall–Kier alpha value is -0.0800. The average Bonchev–Trinajstić information content (AvgIpc) is 2.39. The molecule has 0 aromatic rings. The zero-order chi connectivity index (χ0) is 16.3. The summed E-state index contributed by atoms with van der Waals surface area (Å²) in [6.07, 6.45) is 2.26.